The van der Waals surface area contributed by atoms with Crippen molar-refractivity contribution >= 4 is 39.3 Å². The van der Waals surface area contributed by atoms with Crippen molar-refractivity contribution < 1.29 is 19.1 Å². The summed E-state index contributed by atoms with van der Waals surface area (Å²) in [5.41, 5.74) is 2.25. The Morgan fingerprint density at radius 2 is 1.85 bits per heavy atom. The first-order valence-electron chi connectivity index (χ1n) is 8.27. The minimum atomic E-state index is -0.556. The number of hydrogen-bond acceptors (Lipinski definition) is 4. The molecule has 5 nitrogen and oxygen atoms in total. The molecule has 1 aliphatic heterocycles. The van der Waals surface area contributed by atoms with Gasteiger partial charge in [-0.2, -0.15) is 0 Å². The molecule has 1 fully saturated rings. The largest absolute Gasteiger partial charge is 0.457 e. The van der Waals surface area contributed by atoms with E-state index in [1.807, 2.05) is 31.2 Å². The van der Waals surface area contributed by atoms with E-state index in [0.29, 0.717) is 5.56 Å². The van der Waals surface area contributed by atoms with Crippen LogP contribution in [0.5, 0.6) is 0 Å². The zero-order valence-electron chi connectivity index (χ0n) is 14.3. The van der Waals surface area contributed by atoms with E-state index >= 15 is 0 Å². The highest BCUT2D eigenvalue weighted by Gasteiger charge is 2.36. The summed E-state index contributed by atoms with van der Waals surface area (Å²) < 4.78 is 6.02. The van der Waals surface area contributed by atoms with Crippen LogP contribution in [0.1, 0.15) is 22.3 Å². The molecule has 134 valence electrons. The van der Waals surface area contributed by atoms with E-state index in [4.69, 9.17) is 4.74 Å². The van der Waals surface area contributed by atoms with Crippen molar-refractivity contribution in [1.82, 2.24) is 0 Å². The molecule has 6 heteroatoms. The summed E-state index contributed by atoms with van der Waals surface area (Å²) in [7, 11) is 0. The van der Waals surface area contributed by atoms with Gasteiger partial charge >= 0.3 is 5.97 Å². The zero-order chi connectivity index (χ0) is 18.7. The lowest BCUT2D eigenvalue weighted by Crippen LogP contribution is -2.27. The summed E-state index contributed by atoms with van der Waals surface area (Å²) in [4.78, 5) is 38.3. The third-order valence-electron chi connectivity index (χ3n) is 4.38. The number of hydrogen-bond donors (Lipinski definition) is 0. The molecular weight excluding hydrogens is 398 g/mol. The number of carbonyl (C=O) groups is 3. The van der Waals surface area contributed by atoms with E-state index in [1.165, 1.54) is 0 Å². The fraction of sp³-hybridized carbons (Fsp3) is 0.250. The van der Waals surface area contributed by atoms with Gasteiger partial charge in [0.15, 0.2) is 12.4 Å². The van der Waals surface area contributed by atoms with E-state index in [2.05, 4.69) is 15.9 Å². The molecular formula is C20H18BrNO4. The van der Waals surface area contributed by atoms with Crippen molar-refractivity contribution in [3.05, 3.63) is 64.1 Å². The van der Waals surface area contributed by atoms with Crippen LogP contribution in [-0.4, -0.2) is 30.8 Å². The second-order valence-electron chi connectivity index (χ2n) is 6.23. The third kappa shape index (κ3) is 4.02. The van der Waals surface area contributed by atoms with Crippen LogP contribution in [0, 0.1) is 12.8 Å². The van der Waals surface area contributed by atoms with Crippen molar-refractivity contribution in [2.75, 3.05) is 18.1 Å². The van der Waals surface area contributed by atoms with E-state index in [-0.39, 0.29) is 31.3 Å². The maximum absolute atomic E-state index is 12.3. The number of ether oxygens (including phenoxy) is 1. The van der Waals surface area contributed by atoms with Crippen LogP contribution in [0.4, 0.5) is 5.69 Å². The van der Waals surface area contributed by atoms with Gasteiger partial charge in [-0.15, -0.1) is 0 Å². The fourth-order valence-corrected chi connectivity index (χ4v) is 3.20. The van der Waals surface area contributed by atoms with Gasteiger partial charge in [0.2, 0.25) is 5.91 Å². The van der Waals surface area contributed by atoms with Gasteiger partial charge < -0.3 is 9.64 Å². The molecule has 1 aliphatic rings. The predicted octanol–water partition coefficient (Wildman–Crippen LogP) is 3.54. The number of amides is 1. The Labute approximate surface area is 160 Å². The van der Waals surface area contributed by atoms with Crippen molar-refractivity contribution in [1.29, 1.82) is 0 Å². The Balaban J connectivity index is 1.59. The van der Waals surface area contributed by atoms with Crippen LogP contribution < -0.4 is 4.90 Å². The molecule has 3 rings (SSSR count). The van der Waals surface area contributed by atoms with Gasteiger partial charge in [0.25, 0.3) is 0 Å². The Morgan fingerprint density at radius 1 is 1.15 bits per heavy atom. The molecule has 0 radical (unpaired) electrons. The Morgan fingerprint density at radius 3 is 2.54 bits per heavy atom. The molecule has 0 bridgehead atoms. The Bertz CT molecular complexity index is 847. The zero-order valence-corrected chi connectivity index (χ0v) is 15.9. The van der Waals surface area contributed by atoms with Gasteiger partial charge in [-0.1, -0.05) is 46.3 Å². The maximum atomic E-state index is 12.3. The number of Topliss-reactive ketones (excluding diaryl/α,β-unsaturated/α-hetero) is 1. The molecule has 0 unspecified atom stereocenters. The highest BCUT2D eigenvalue weighted by molar-refractivity contribution is 9.10. The summed E-state index contributed by atoms with van der Waals surface area (Å²) in [6.07, 6.45) is 0.0969. The van der Waals surface area contributed by atoms with Gasteiger partial charge in [0, 0.05) is 28.7 Å². The number of carbonyl (C=O) groups excluding carboxylic acids is 3. The molecule has 1 atom stereocenters. The molecule has 0 saturated carbocycles. The van der Waals surface area contributed by atoms with Crippen molar-refractivity contribution in [3.63, 3.8) is 0 Å². The maximum Gasteiger partial charge on any atom is 0.311 e. The van der Waals surface area contributed by atoms with Crippen molar-refractivity contribution in [2.45, 2.75) is 13.3 Å². The van der Waals surface area contributed by atoms with Crippen LogP contribution in [-0.2, 0) is 14.3 Å². The highest BCUT2D eigenvalue weighted by atomic mass is 79.9. The van der Waals surface area contributed by atoms with E-state index in [1.54, 1.807) is 29.2 Å². The van der Waals surface area contributed by atoms with E-state index in [0.717, 1.165) is 15.7 Å². The lowest BCUT2D eigenvalue weighted by molar-refractivity contribution is -0.147. The smallest absolute Gasteiger partial charge is 0.311 e. The lowest BCUT2D eigenvalue weighted by Gasteiger charge is -2.18. The molecule has 1 heterocycles. The number of anilines is 1. The average Bonchev–Trinajstić information content (AvgIpc) is 3.02. The third-order valence-corrected chi connectivity index (χ3v) is 4.91. The van der Waals surface area contributed by atoms with E-state index < -0.39 is 11.9 Å². The summed E-state index contributed by atoms with van der Waals surface area (Å²) >= 11 is 3.30. The SMILES string of the molecule is Cc1ccccc1N1C[C@H](C(=O)OCC(=O)c2ccc(Br)cc2)CC1=O. The second kappa shape index (κ2) is 7.83. The minimum absolute atomic E-state index is 0.0969. The van der Waals surface area contributed by atoms with Crippen LogP contribution in [0.3, 0.4) is 0 Å². The molecule has 0 N–H and O–H groups in total. The number of para-hydroxylation sites is 1. The van der Waals surface area contributed by atoms with Crippen LogP contribution >= 0.6 is 15.9 Å². The fourth-order valence-electron chi connectivity index (χ4n) is 2.94. The van der Waals surface area contributed by atoms with Crippen LogP contribution in [0.25, 0.3) is 0 Å². The summed E-state index contributed by atoms with van der Waals surface area (Å²) in [5, 5.41) is 0. The summed E-state index contributed by atoms with van der Waals surface area (Å²) in [6.45, 7) is 1.87. The molecule has 2 aromatic rings. The summed E-state index contributed by atoms with van der Waals surface area (Å²) in [6, 6.07) is 14.4. The lowest BCUT2D eigenvalue weighted by atomic mass is 10.1. The monoisotopic (exact) mass is 415 g/mol. The summed E-state index contributed by atoms with van der Waals surface area (Å²) in [5.74, 6) is -1.45. The Kier molecular flexibility index (Phi) is 5.52. The molecule has 26 heavy (non-hydrogen) atoms. The van der Waals surface area contributed by atoms with Crippen molar-refractivity contribution in [2.24, 2.45) is 5.92 Å². The molecule has 1 saturated heterocycles. The Hall–Kier alpha value is -2.47. The number of esters is 1. The van der Waals surface area contributed by atoms with Crippen molar-refractivity contribution in [3.8, 4) is 0 Å². The first-order chi connectivity index (χ1) is 12.5. The second-order valence-corrected chi connectivity index (χ2v) is 7.15. The molecule has 1 amide bonds. The predicted molar refractivity (Wildman–Crippen MR) is 101 cm³/mol. The highest BCUT2D eigenvalue weighted by Crippen LogP contribution is 2.28. The first kappa shape index (κ1) is 18.3. The average molecular weight is 416 g/mol. The molecule has 2 aromatic carbocycles. The number of ketones is 1. The van der Waals surface area contributed by atoms with Gasteiger partial charge in [-0.25, -0.2) is 0 Å². The van der Waals surface area contributed by atoms with E-state index in [9.17, 15) is 14.4 Å². The number of benzene rings is 2. The normalized spacial score (nSPS) is 16.6. The van der Waals surface area contributed by atoms with Gasteiger partial charge in [0.1, 0.15) is 0 Å². The minimum Gasteiger partial charge on any atom is -0.457 e. The van der Waals surface area contributed by atoms with Crippen LogP contribution in [0.15, 0.2) is 53.0 Å². The molecule has 0 aromatic heterocycles. The topological polar surface area (TPSA) is 63.7 Å². The quantitative estimate of drug-likeness (QED) is 0.553. The molecule has 0 aliphatic carbocycles. The standard InChI is InChI=1S/C20H18BrNO4/c1-13-4-2-3-5-17(13)22-11-15(10-19(22)24)20(25)26-12-18(23)14-6-8-16(21)9-7-14/h2-9,15H,10-12H2,1H3/t15-/m1/s1. The first-order valence-corrected chi connectivity index (χ1v) is 9.06. The van der Waals surface area contributed by atoms with Gasteiger partial charge in [-0.3, -0.25) is 14.4 Å². The number of rotatable bonds is 5. The number of nitrogens with zero attached hydrogens (tertiary/aromatic N) is 1. The van der Waals surface area contributed by atoms with Gasteiger partial charge in [-0.05, 0) is 30.7 Å². The number of halogens is 1. The van der Waals surface area contributed by atoms with Gasteiger partial charge in [0.05, 0.1) is 5.92 Å². The molecule has 0 spiro atoms. The number of aryl methyl sites for hydroxylation is 1. The van der Waals surface area contributed by atoms with Crippen LogP contribution in [0.2, 0.25) is 0 Å².